The van der Waals surface area contributed by atoms with Crippen LogP contribution in [0.15, 0.2) is 18.2 Å². The highest BCUT2D eigenvalue weighted by molar-refractivity contribution is 7.59. The molecule has 0 amide bonds. The average Bonchev–Trinajstić information content (AvgIpc) is 2.44. The predicted molar refractivity (Wildman–Crippen MR) is 107 cm³/mol. The van der Waals surface area contributed by atoms with Gasteiger partial charge in [-0.25, -0.2) is 4.39 Å². The van der Waals surface area contributed by atoms with E-state index in [0.29, 0.717) is 23.6 Å². The summed E-state index contributed by atoms with van der Waals surface area (Å²) in [6, 6.07) is 5.89. The Hall–Kier alpha value is -0.426. The van der Waals surface area contributed by atoms with E-state index in [4.69, 9.17) is 4.52 Å². The smallest absolute Gasteiger partial charge is 0.247 e. The Bertz CT molecular complexity index is 572. The van der Waals surface area contributed by atoms with Gasteiger partial charge in [-0.1, -0.05) is 39.3 Å². The van der Waals surface area contributed by atoms with Crippen LogP contribution in [-0.4, -0.2) is 33.6 Å². The van der Waals surface area contributed by atoms with Gasteiger partial charge in [0.25, 0.3) is 0 Å². The minimum absolute atomic E-state index is 0.324. The van der Waals surface area contributed by atoms with Crippen LogP contribution in [0.3, 0.4) is 0 Å². The Kier molecular flexibility index (Phi) is 7.48. The Morgan fingerprint density at radius 3 is 1.96 bits per heavy atom. The average molecular weight is 391 g/mol. The molecule has 0 aromatic heterocycles. The first-order valence-electron chi connectivity index (χ1n) is 8.51. The van der Waals surface area contributed by atoms with Crippen LogP contribution in [-0.2, 0) is 11.2 Å². The van der Waals surface area contributed by atoms with Gasteiger partial charge in [0.15, 0.2) is 0 Å². The molecule has 0 aliphatic carbocycles. The summed E-state index contributed by atoms with van der Waals surface area (Å²) in [5.41, 5.74) is 0.358. The van der Waals surface area contributed by atoms with Crippen LogP contribution in [0.1, 0.15) is 5.56 Å². The van der Waals surface area contributed by atoms with Crippen molar-refractivity contribution in [3.63, 3.8) is 0 Å². The molecule has 0 bridgehead atoms. The highest BCUT2D eigenvalue weighted by Crippen LogP contribution is 2.51. The van der Waals surface area contributed by atoms with Crippen LogP contribution in [0.2, 0.25) is 51.4 Å². The molecule has 0 unspecified atom stereocenters. The molecule has 7 heteroatoms. The Labute approximate surface area is 148 Å². The van der Waals surface area contributed by atoms with Crippen LogP contribution >= 0.6 is 7.37 Å². The van der Waals surface area contributed by atoms with E-state index < -0.39 is 29.3 Å². The summed E-state index contributed by atoms with van der Waals surface area (Å²) in [4.78, 5) is 0. The zero-order chi connectivity index (χ0) is 18.6. The number of aliphatic hydroxyl groups is 1. The maximum atomic E-state index is 13.5. The molecule has 24 heavy (non-hydrogen) atoms. The molecule has 0 saturated carbocycles. The third-order valence-electron chi connectivity index (χ3n) is 3.86. The van der Waals surface area contributed by atoms with Crippen LogP contribution in [0, 0.1) is 5.82 Å². The van der Waals surface area contributed by atoms with Gasteiger partial charge < -0.3 is 9.63 Å². The molecule has 0 saturated heterocycles. The largest absolute Gasteiger partial charge is 0.442 e. The highest BCUT2D eigenvalue weighted by atomic mass is 31.2. The van der Waals surface area contributed by atoms with Crippen molar-refractivity contribution in [1.29, 1.82) is 0 Å². The molecule has 3 nitrogen and oxygen atoms in total. The molecule has 1 aromatic rings. The summed E-state index contributed by atoms with van der Waals surface area (Å²) in [6.45, 7) is 13.2. The molecule has 1 aromatic carbocycles. The van der Waals surface area contributed by atoms with Crippen LogP contribution in [0.25, 0.3) is 0 Å². The van der Waals surface area contributed by atoms with E-state index in [1.54, 1.807) is 0 Å². The SMILES string of the molecule is C[Si](C)(C)CCP(=O)(CC[Si](C)(C)C)Oc1ccc(F)cc1CO. The molecule has 1 rings (SSSR count). The minimum atomic E-state index is -2.85. The summed E-state index contributed by atoms with van der Waals surface area (Å²) >= 11 is 0. The molecule has 0 aliphatic heterocycles. The van der Waals surface area contributed by atoms with Crippen molar-refractivity contribution in [1.82, 2.24) is 0 Å². The number of hydrogen-bond donors (Lipinski definition) is 1. The second-order valence-electron chi connectivity index (χ2n) is 8.88. The fourth-order valence-electron chi connectivity index (χ4n) is 2.15. The first-order valence-corrected chi connectivity index (χ1v) is 17.9. The monoisotopic (exact) mass is 390 g/mol. The zero-order valence-electron chi connectivity index (χ0n) is 15.9. The van der Waals surface area contributed by atoms with Crippen molar-refractivity contribution in [2.75, 3.05) is 12.3 Å². The lowest BCUT2D eigenvalue weighted by molar-refractivity contribution is 0.277. The maximum absolute atomic E-state index is 13.5. The predicted octanol–water partition coefficient (Wildman–Crippen LogP) is 5.65. The Morgan fingerprint density at radius 1 is 1.04 bits per heavy atom. The summed E-state index contributed by atoms with van der Waals surface area (Å²) in [6.07, 6.45) is 1.13. The first kappa shape index (κ1) is 21.6. The number of rotatable bonds is 9. The van der Waals surface area contributed by atoms with Crippen molar-refractivity contribution in [2.24, 2.45) is 0 Å². The van der Waals surface area contributed by atoms with E-state index in [1.165, 1.54) is 18.2 Å². The molecule has 0 fully saturated rings. The van der Waals surface area contributed by atoms with Gasteiger partial charge in [-0.2, -0.15) is 0 Å². The summed E-state index contributed by atoms with van der Waals surface area (Å²) in [5.74, 6) is -0.0705. The van der Waals surface area contributed by atoms with Gasteiger partial charge in [-0.05, 0) is 30.3 Å². The quantitative estimate of drug-likeness (QED) is 0.438. The molecule has 1 N–H and O–H groups in total. The summed E-state index contributed by atoms with van der Waals surface area (Å²) in [5, 5.41) is 9.44. The lowest BCUT2D eigenvalue weighted by Crippen LogP contribution is -2.24. The second-order valence-corrected chi connectivity index (χ2v) is 22.8. The van der Waals surface area contributed by atoms with Gasteiger partial charge in [0.2, 0.25) is 7.37 Å². The number of aliphatic hydroxyl groups excluding tert-OH is 1. The zero-order valence-corrected chi connectivity index (χ0v) is 18.8. The van der Waals surface area contributed by atoms with Crippen LogP contribution in [0.4, 0.5) is 4.39 Å². The van der Waals surface area contributed by atoms with Gasteiger partial charge in [-0.3, -0.25) is 4.57 Å². The molecular formula is C17H32FO3PSi2. The Morgan fingerprint density at radius 2 is 1.54 bits per heavy atom. The lowest BCUT2D eigenvalue weighted by atomic mass is 10.2. The number of halogens is 1. The van der Waals surface area contributed by atoms with Crippen molar-refractivity contribution in [3.8, 4) is 5.75 Å². The van der Waals surface area contributed by atoms with Crippen molar-refractivity contribution < 1.29 is 18.6 Å². The summed E-state index contributed by atoms with van der Waals surface area (Å²) in [7, 11) is -5.53. The van der Waals surface area contributed by atoms with Gasteiger partial charge in [0.1, 0.15) is 11.6 Å². The molecule has 138 valence electrons. The molecular weight excluding hydrogens is 358 g/mol. The van der Waals surface area contributed by atoms with Crippen molar-refractivity contribution in [2.45, 2.75) is 58.0 Å². The van der Waals surface area contributed by atoms with E-state index in [1.807, 2.05) is 0 Å². The Balaban J connectivity index is 3.02. The van der Waals surface area contributed by atoms with Crippen LogP contribution < -0.4 is 4.52 Å². The molecule has 0 atom stereocenters. The number of hydrogen-bond acceptors (Lipinski definition) is 3. The number of benzene rings is 1. The standard InChI is InChI=1S/C17H32FO3PSi2/c1-23(2,3)11-9-22(20,10-12-24(4,5)6)21-17-8-7-16(18)13-15(17)14-19/h7-8,13,19H,9-12,14H2,1-6H3. The second kappa shape index (κ2) is 8.30. The van der Waals surface area contributed by atoms with Gasteiger partial charge in [0.05, 0.1) is 6.61 Å². The van der Waals surface area contributed by atoms with E-state index in [9.17, 15) is 14.1 Å². The van der Waals surface area contributed by atoms with Gasteiger partial charge in [-0.15, -0.1) is 0 Å². The molecule has 0 aliphatic rings. The first-order chi connectivity index (χ1) is 10.8. The lowest BCUT2D eigenvalue weighted by Gasteiger charge is -2.26. The molecule has 0 radical (unpaired) electrons. The molecule has 0 spiro atoms. The molecule has 0 heterocycles. The van der Waals surface area contributed by atoms with E-state index in [0.717, 1.165) is 12.1 Å². The fourth-order valence-corrected chi connectivity index (χ4v) is 11.2. The summed E-state index contributed by atoms with van der Waals surface area (Å²) < 4.78 is 32.8. The highest BCUT2D eigenvalue weighted by Gasteiger charge is 2.30. The third kappa shape index (κ3) is 8.10. The van der Waals surface area contributed by atoms with E-state index in [-0.39, 0.29) is 6.61 Å². The van der Waals surface area contributed by atoms with E-state index >= 15 is 0 Å². The normalized spacial score (nSPS) is 13.2. The van der Waals surface area contributed by atoms with Gasteiger partial charge >= 0.3 is 0 Å². The topological polar surface area (TPSA) is 46.5 Å². The fraction of sp³-hybridized carbons (Fsp3) is 0.647. The minimum Gasteiger partial charge on any atom is -0.442 e. The van der Waals surface area contributed by atoms with Crippen LogP contribution in [0.5, 0.6) is 5.75 Å². The van der Waals surface area contributed by atoms with E-state index in [2.05, 4.69) is 39.3 Å². The van der Waals surface area contributed by atoms with Crippen molar-refractivity contribution in [3.05, 3.63) is 29.6 Å². The van der Waals surface area contributed by atoms with Crippen molar-refractivity contribution >= 4 is 23.5 Å². The van der Waals surface area contributed by atoms with Gasteiger partial charge in [0, 0.05) is 34.0 Å². The maximum Gasteiger partial charge on any atom is 0.247 e. The third-order valence-corrected chi connectivity index (χ3v) is 10.5.